The molecule has 0 heterocycles. The van der Waals surface area contributed by atoms with Gasteiger partial charge in [-0.15, -0.1) is 0 Å². The fourth-order valence-corrected chi connectivity index (χ4v) is 0.167. The molecule has 0 aromatic rings. The Morgan fingerprint density at radius 2 is 2.50 bits per heavy atom. The molecule has 1 atom stereocenters. The minimum Gasteiger partial charge on any atom is -0.401 e. The summed E-state index contributed by atoms with van der Waals surface area (Å²) in [5.41, 5.74) is 5.03. The normalized spacial score (nSPS) is 13.8. The van der Waals surface area contributed by atoms with E-state index in [4.69, 9.17) is 10.8 Å². The fraction of sp³-hybridized carbons (Fsp3) is 1.00. The molecule has 0 saturated carbocycles. The number of rotatable bonds is 2. The average Bonchev–Trinajstić information content (AvgIpc) is 1.65. The summed E-state index contributed by atoms with van der Waals surface area (Å²) in [7, 11) is 0.760. The van der Waals surface area contributed by atoms with Gasteiger partial charge in [0.15, 0.2) is 7.28 Å². The Bertz CT molecular complexity index is 30.0. The quantitative estimate of drug-likeness (QED) is 0.413. The average molecular weight is 86.9 g/mol. The van der Waals surface area contributed by atoms with Crippen LogP contribution in [-0.2, 0) is 0 Å². The Hall–Kier alpha value is -0.0151. The first-order chi connectivity index (χ1) is 2.81. The van der Waals surface area contributed by atoms with E-state index in [1.54, 1.807) is 0 Å². The summed E-state index contributed by atoms with van der Waals surface area (Å²) in [6.45, 7) is 2.29. The van der Waals surface area contributed by atoms with Crippen molar-refractivity contribution in [1.82, 2.24) is 0 Å². The molecule has 0 aliphatic carbocycles. The summed E-state index contributed by atoms with van der Waals surface area (Å²) in [4.78, 5) is 0. The van der Waals surface area contributed by atoms with Crippen LogP contribution in [0.4, 0.5) is 0 Å². The van der Waals surface area contributed by atoms with Gasteiger partial charge in [0.2, 0.25) is 0 Å². The molecule has 6 heavy (non-hydrogen) atoms. The first kappa shape index (κ1) is 5.98. The molecule has 0 unspecified atom stereocenters. The van der Waals surface area contributed by atoms with E-state index in [1.165, 1.54) is 0 Å². The molecule has 0 amide bonds. The smallest absolute Gasteiger partial charge is 0.155 e. The zero-order valence-corrected chi connectivity index (χ0v) is 4.02. The molecular weight excluding hydrogens is 76.9 g/mol. The third-order valence-electron chi connectivity index (χ3n) is 0.743. The van der Waals surface area contributed by atoms with E-state index in [1.807, 2.05) is 6.82 Å². The van der Waals surface area contributed by atoms with Gasteiger partial charge in [-0.2, -0.15) is 0 Å². The van der Waals surface area contributed by atoms with Crippen molar-refractivity contribution in [2.45, 2.75) is 12.8 Å². The molecule has 0 aliphatic heterocycles. The highest BCUT2D eigenvalue weighted by atomic mass is 16.3. The van der Waals surface area contributed by atoms with Crippen molar-refractivity contribution in [2.75, 3.05) is 6.54 Å². The summed E-state index contributed by atoms with van der Waals surface area (Å²) in [6, 6.07) is -0.287. The standard InChI is InChI=1S/C3H10BNO/c1-4-3(6)2-5/h3-4,6H,2,5H2,1H3/t3-/m1/s1. The second-order valence-electron chi connectivity index (χ2n) is 1.30. The van der Waals surface area contributed by atoms with E-state index >= 15 is 0 Å². The third kappa shape index (κ3) is 2.24. The highest BCUT2D eigenvalue weighted by Gasteiger charge is 1.93. The maximum Gasteiger partial charge on any atom is 0.155 e. The van der Waals surface area contributed by atoms with E-state index in [9.17, 15) is 0 Å². The van der Waals surface area contributed by atoms with Gasteiger partial charge >= 0.3 is 0 Å². The fourth-order valence-electron chi connectivity index (χ4n) is 0.167. The van der Waals surface area contributed by atoms with Crippen molar-refractivity contribution in [3.05, 3.63) is 0 Å². The first-order valence-corrected chi connectivity index (χ1v) is 2.19. The van der Waals surface area contributed by atoms with Gasteiger partial charge in [-0.1, -0.05) is 6.82 Å². The van der Waals surface area contributed by atoms with Gasteiger partial charge in [0, 0.05) is 12.5 Å². The van der Waals surface area contributed by atoms with Crippen LogP contribution in [0.25, 0.3) is 0 Å². The van der Waals surface area contributed by atoms with Gasteiger partial charge in [-0.05, 0) is 0 Å². The molecule has 0 fully saturated rings. The van der Waals surface area contributed by atoms with Crippen LogP contribution in [0.3, 0.4) is 0 Å². The second kappa shape index (κ2) is 3.19. The Kier molecular flexibility index (Phi) is 3.18. The van der Waals surface area contributed by atoms with Gasteiger partial charge in [0.05, 0.1) is 0 Å². The van der Waals surface area contributed by atoms with Gasteiger partial charge < -0.3 is 10.8 Å². The summed E-state index contributed by atoms with van der Waals surface area (Å²) in [6.07, 6.45) is 0. The maximum absolute atomic E-state index is 8.54. The van der Waals surface area contributed by atoms with Crippen molar-refractivity contribution < 1.29 is 5.11 Å². The van der Waals surface area contributed by atoms with E-state index in [2.05, 4.69) is 0 Å². The molecule has 0 saturated heterocycles. The Morgan fingerprint density at radius 3 is 2.50 bits per heavy atom. The van der Waals surface area contributed by atoms with Crippen LogP contribution in [0.1, 0.15) is 0 Å². The van der Waals surface area contributed by atoms with Crippen molar-refractivity contribution in [1.29, 1.82) is 0 Å². The highest BCUT2D eigenvalue weighted by Crippen LogP contribution is 1.69. The van der Waals surface area contributed by atoms with Crippen molar-refractivity contribution in [3.8, 4) is 0 Å². The summed E-state index contributed by atoms with van der Waals surface area (Å²) in [5.74, 6) is 0. The number of hydrogen-bond acceptors (Lipinski definition) is 2. The number of aliphatic hydroxyl groups excluding tert-OH is 1. The van der Waals surface area contributed by atoms with Crippen LogP contribution >= 0.6 is 0 Å². The Morgan fingerprint density at radius 1 is 2.00 bits per heavy atom. The van der Waals surface area contributed by atoms with Gasteiger partial charge in [0.25, 0.3) is 0 Å². The van der Waals surface area contributed by atoms with Gasteiger partial charge in [-0.3, -0.25) is 0 Å². The zero-order valence-electron chi connectivity index (χ0n) is 4.02. The van der Waals surface area contributed by atoms with Crippen LogP contribution < -0.4 is 5.73 Å². The molecule has 36 valence electrons. The summed E-state index contributed by atoms with van der Waals surface area (Å²) in [5, 5.41) is 8.54. The molecule has 2 nitrogen and oxygen atoms in total. The summed E-state index contributed by atoms with van der Waals surface area (Å²) >= 11 is 0. The lowest BCUT2D eigenvalue weighted by molar-refractivity contribution is 0.260. The van der Waals surface area contributed by atoms with Crippen LogP contribution in [0.15, 0.2) is 0 Å². The van der Waals surface area contributed by atoms with Crippen LogP contribution in [0, 0.1) is 0 Å². The molecule has 0 aliphatic rings. The summed E-state index contributed by atoms with van der Waals surface area (Å²) < 4.78 is 0. The topological polar surface area (TPSA) is 46.2 Å². The maximum atomic E-state index is 8.54. The number of nitrogens with two attached hydrogens (primary N) is 1. The Labute approximate surface area is 38.6 Å². The second-order valence-corrected chi connectivity index (χ2v) is 1.30. The lowest BCUT2D eigenvalue weighted by Gasteiger charge is -1.96. The molecule has 0 aromatic carbocycles. The predicted octanol–water partition coefficient (Wildman–Crippen LogP) is -1.25. The molecule has 0 radical (unpaired) electrons. The van der Waals surface area contributed by atoms with E-state index < -0.39 is 0 Å². The van der Waals surface area contributed by atoms with Crippen molar-refractivity contribution >= 4 is 7.28 Å². The van der Waals surface area contributed by atoms with Crippen LogP contribution in [0.5, 0.6) is 0 Å². The molecule has 3 heteroatoms. The van der Waals surface area contributed by atoms with Gasteiger partial charge in [0.1, 0.15) is 0 Å². The van der Waals surface area contributed by atoms with Crippen LogP contribution in [-0.4, -0.2) is 24.9 Å². The largest absolute Gasteiger partial charge is 0.401 e. The minimum absolute atomic E-state index is 0.287. The molecule has 0 aromatic heterocycles. The monoisotopic (exact) mass is 87.1 g/mol. The van der Waals surface area contributed by atoms with Crippen molar-refractivity contribution in [2.24, 2.45) is 5.73 Å². The minimum atomic E-state index is -0.287. The van der Waals surface area contributed by atoms with E-state index in [0.29, 0.717) is 6.54 Å². The molecule has 3 N–H and O–H groups in total. The van der Waals surface area contributed by atoms with Crippen molar-refractivity contribution in [3.63, 3.8) is 0 Å². The molecule has 0 spiro atoms. The third-order valence-corrected chi connectivity index (χ3v) is 0.743. The zero-order chi connectivity index (χ0) is 4.99. The van der Waals surface area contributed by atoms with Crippen LogP contribution in [0.2, 0.25) is 6.82 Å². The number of aliphatic hydroxyl groups is 1. The first-order valence-electron chi connectivity index (χ1n) is 2.19. The number of hydrogen-bond donors (Lipinski definition) is 2. The lowest BCUT2D eigenvalue weighted by atomic mass is 9.75. The van der Waals surface area contributed by atoms with E-state index in [-0.39, 0.29) is 6.00 Å². The molecule has 0 bridgehead atoms. The van der Waals surface area contributed by atoms with E-state index in [0.717, 1.165) is 7.28 Å². The molecule has 0 rings (SSSR count). The van der Waals surface area contributed by atoms with Gasteiger partial charge in [-0.25, -0.2) is 0 Å². The Balaban J connectivity index is 2.75. The SMILES string of the molecule is CB[C@H](O)CN. The lowest BCUT2D eigenvalue weighted by Crippen LogP contribution is -2.24. The predicted molar refractivity (Wildman–Crippen MR) is 28.1 cm³/mol. The molecular formula is C3H10BNO. The highest BCUT2D eigenvalue weighted by molar-refractivity contribution is 6.35.